The second-order valence-corrected chi connectivity index (χ2v) is 5.02. The summed E-state index contributed by atoms with van der Waals surface area (Å²) in [5.74, 6) is 0.993. The number of amides is 2. The highest BCUT2D eigenvalue weighted by Gasteiger charge is 2.21. The van der Waals surface area contributed by atoms with Crippen LogP contribution in [0, 0.1) is 0 Å². The maximum absolute atomic E-state index is 11.3. The van der Waals surface area contributed by atoms with E-state index in [2.05, 4.69) is 15.2 Å². The smallest absolute Gasteiger partial charge is 0.284 e. The van der Waals surface area contributed by atoms with Crippen LogP contribution >= 0.6 is 0 Å². The van der Waals surface area contributed by atoms with E-state index >= 15 is 0 Å². The molecule has 0 atom stereocenters. The van der Waals surface area contributed by atoms with Crippen LogP contribution in [-0.4, -0.2) is 60.8 Å². The van der Waals surface area contributed by atoms with Crippen LogP contribution in [0.3, 0.4) is 0 Å². The van der Waals surface area contributed by atoms with Crippen molar-refractivity contribution in [3.8, 4) is 0 Å². The van der Waals surface area contributed by atoms with Crippen LogP contribution in [0.4, 0.5) is 0 Å². The van der Waals surface area contributed by atoms with Gasteiger partial charge in [0, 0.05) is 40.2 Å². The van der Waals surface area contributed by atoms with Crippen LogP contribution in [0.25, 0.3) is 0 Å². The molecule has 0 unspecified atom stereocenters. The topological polar surface area (TPSA) is 104 Å². The maximum atomic E-state index is 11.3. The van der Waals surface area contributed by atoms with Crippen molar-refractivity contribution in [2.24, 2.45) is 10.7 Å². The number of hydrogen-bond donors (Lipinski definition) is 2. The zero-order chi connectivity index (χ0) is 16.1. The number of primary amides is 1. The number of carbonyl (C=O) groups excluding carboxylic acids is 2. The zero-order valence-electron chi connectivity index (χ0n) is 12.8. The van der Waals surface area contributed by atoms with Crippen LogP contribution < -0.4 is 11.1 Å². The monoisotopic (exact) mass is 307 g/mol. The second-order valence-electron chi connectivity index (χ2n) is 5.02. The fourth-order valence-corrected chi connectivity index (χ4v) is 2.34. The van der Waals surface area contributed by atoms with Gasteiger partial charge in [0.2, 0.25) is 5.91 Å². The first-order valence-electron chi connectivity index (χ1n) is 7.11. The molecule has 0 aromatic carbocycles. The third-order valence-corrected chi connectivity index (χ3v) is 3.56. The van der Waals surface area contributed by atoms with Crippen LogP contribution in [0.5, 0.6) is 0 Å². The lowest BCUT2D eigenvalue weighted by atomic mass is 10.3. The van der Waals surface area contributed by atoms with E-state index < -0.39 is 5.91 Å². The summed E-state index contributed by atoms with van der Waals surface area (Å²) in [7, 11) is 1.71. The summed E-state index contributed by atoms with van der Waals surface area (Å²) in [4.78, 5) is 30.4. The lowest BCUT2D eigenvalue weighted by molar-refractivity contribution is -0.130. The average Bonchev–Trinajstić information content (AvgIpc) is 2.97. The predicted octanol–water partition coefficient (Wildman–Crippen LogP) is -0.382. The number of nitrogens with zero attached hydrogens (tertiary/aromatic N) is 3. The third-order valence-electron chi connectivity index (χ3n) is 3.56. The van der Waals surface area contributed by atoms with Gasteiger partial charge in [0.1, 0.15) is 5.76 Å². The Labute approximate surface area is 128 Å². The summed E-state index contributed by atoms with van der Waals surface area (Å²) in [6.45, 7) is 4.81. The molecule has 0 aliphatic carbocycles. The molecular formula is C14H21N5O3. The number of carbonyl (C=O) groups is 2. The summed E-state index contributed by atoms with van der Waals surface area (Å²) < 4.78 is 5.31. The maximum Gasteiger partial charge on any atom is 0.284 e. The summed E-state index contributed by atoms with van der Waals surface area (Å²) in [5, 5.41) is 3.18. The van der Waals surface area contributed by atoms with E-state index in [4.69, 9.17) is 10.2 Å². The number of piperazine rings is 1. The molecule has 8 nitrogen and oxygen atoms in total. The number of aliphatic imine (C=N–C) groups is 1. The Kier molecular flexibility index (Phi) is 5.03. The molecule has 0 bridgehead atoms. The summed E-state index contributed by atoms with van der Waals surface area (Å²) in [6.07, 6.45) is 0. The SMILES string of the molecule is CN=C(NCc1ccc(C(N)=O)o1)N1CCN(C(C)=O)CC1. The number of nitrogens with one attached hydrogen (secondary N) is 1. The van der Waals surface area contributed by atoms with Gasteiger partial charge < -0.3 is 25.3 Å². The number of rotatable bonds is 3. The Bertz CT molecular complexity index is 573. The van der Waals surface area contributed by atoms with Gasteiger partial charge in [-0.15, -0.1) is 0 Å². The highest BCUT2D eigenvalue weighted by Crippen LogP contribution is 2.08. The molecule has 3 N–H and O–H groups in total. The normalized spacial score (nSPS) is 15.8. The molecule has 1 aliphatic heterocycles. The molecule has 2 rings (SSSR count). The lowest BCUT2D eigenvalue weighted by Crippen LogP contribution is -2.53. The average molecular weight is 307 g/mol. The minimum Gasteiger partial charge on any atom is -0.454 e. The Morgan fingerprint density at radius 2 is 1.91 bits per heavy atom. The van der Waals surface area contributed by atoms with Gasteiger partial charge in [0.15, 0.2) is 11.7 Å². The van der Waals surface area contributed by atoms with Crippen molar-refractivity contribution in [3.63, 3.8) is 0 Å². The fourth-order valence-electron chi connectivity index (χ4n) is 2.34. The van der Waals surface area contributed by atoms with E-state index in [1.807, 2.05) is 4.90 Å². The second kappa shape index (κ2) is 6.97. The van der Waals surface area contributed by atoms with Crippen molar-refractivity contribution < 1.29 is 14.0 Å². The summed E-state index contributed by atoms with van der Waals surface area (Å²) in [5.41, 5.74) is 5.15. The van der Waals surface area contributed by atoms with Crippen LogP contribution in [0.15, 0.2) is 21.5 Å². The highest BCUT2D eigenvalue weighted by atomic mass is 16.3. The number of furan rings is 1. The lowest BCUT2D eigenvalue weighted by Gasteiger charge is -2.36. The van der Waals surface area contributed by atoms with E-state index in [1.54, 1.807) is 26.1 Å². The Hall–Kier alpha value is -2.51. The Morgan fingerprint density at radius 1 is 1.27 bits per heavy atom. The molecule has 1 aliphatic rings. The van der Waals surface area contributed by atoms with Crippen LogP contribution in [-0.2, 0) is 11.3 Å². The quantitative estimate of drug-likeness (QED) is 0.585. The van der Waals surface area contributed by atoms with Crippen molar-refractivity contribution in [2.45, 2.75) is 13.5 Å². The van der Waals surface area contributed by atoms with Gasteiger partial charge in [-0.05, 0) is 12.1 Å². The number of nitrogens with two attached hydrogens (primary N) is 1. The van der Waals surface area contributed by atoms with E-state index in [9.17, 15) is 9.59 Å². The Balaban J connectivity index is 1.87. The molecule has 120 valence electrons. The first-order valence-corrected chi connectivity index (χ1v) is 7.11. The Morgan fingerprint density at radius 3 is 2.41 bits per heavy atom. The van der Waals surface area contributed by atoms with Crippen molar-refractivity contribution in [3.05, 3.63) is 23.7 Å². The molecule has 1 aromatic rings. The molecule has 2 amide bonds. The molecule has 1 saturated heterocycles. The summed E-state index contributed by atoms with van der Waals surface area (Å²) in [6, 6.07) is 3.25. The molecule has 0 spiro atoms. The predicted molar refractivity (Wildman–Crippen MR) is 81.3 cm³/mol. The molecule has 2 heterocycles. The molecule has 1 fully saturated rings. The number of hydrogen-bond acceptors (Lipinski definition) is 4. The van der Waals surface area contributed by atoms with Gasteiger partial charge in [0.25, 0.3) is 5.91 Å². The largest absolute Gasteiger partial charge is 0.454 e. The van der Waals surface area contributed by atoms with Gasteiger partial charge in [-0.2, -0.15) is 0 Å². The van der Waals surface area contributed by atoms with Gasteiger partial charge in [-0.1, -0.05) is 0 Å². The fraction of sp³-hybridized carbons (Fsp3) is 0.500. The van der Waals surface area contributed by atoms with Crippen molar-refractivity contribution in [1.82, 2.24) is 15.1 Å². The standard InChI is InChI=1S/C14H21N5O3/c1-10(20)18-5-7-19(8-6-18)14(16-2)17-9-11-3-4-12(22-11)13(15)21/h3-4H,5-9H2,1-2H3,(H2,15,21)(H,16,17). The molecule has 1 aromatic heterocycles. The van der Waals surface area contributed by atoms with E-state index in [0.29, 0.717) is 25.4 Å². The van der Waals surface area contributed by atoms with Crippen molar-refractivity contribution in [1.29, 1.82) is 0 Å². The highest BCUT2D eigenvalue weighted by molar-refractivity contribution is 5.89. The molecule has 22 heavy (non-hydrogen) atoms. The van der Waals surface area contributed by atoms with E-state index in [0.717, 1.165) is 19.0 Å². The van der Waals surface area contributed by atoms with Gasteiger partial charge in [-0.25, -0.2) is 0 Å². The minimum absolute atomic E-state index is 0.0946. The first kappa shape index (κ1) is 15.9. The zero-order valence-corrected chi connectivity index (χ0v) is 12.8. The van der Waals surface area contributed by atoms with Crippen LogP contribution in [0.1, 0.15) is 23.2 Å². The summed E-state index contributed by atoms with van der Waals surface area (Å²) >= 11 is 0. The van der Waals surface area contributed by atoms with Gasteiger partial charge in [0.05, 0.1) is 6.54 Å². The van der Waals surface area contributed by atoms with E-state index in [-0.39, 0.29) is 11.7 Å². The van der Waals surface area contributed by atoms with Crippen molar-refractivity contribution in [2.75, 3.05) is 33.2 Å². The molecule has 0 radical (unpaired) electrons. The number of guanidine groups is 1. The minimum atomic E-state index is -0.587. The molecular weight excluding hydrogens is 286 g/mol. The van der Waals surface area contributed by atoms with Crippen molar-refractivity contribution >= 4 is 17.8 Å². The molecule has 8 heteroatoms. The van der Waals surface area contributed by atoms with Gasteiger partial charge in [-0.3, -0.25) is 14.6 Å². The molecule has 0 saturated carbocycles. The van der Waals surface area contributed by atoms with E-state index in [1.165, 1.54) is 0 Å². The van der Waals surface area contributed by atoms with Gasteiger partial charge >= 0.3 is 0 Å². The van der Waals surface area contributed by atoms with Crippen LogP contribution in [0.2, 0.25) is 0 Å². The first-order chi connectivity index (χ1) is 10.5. The third kappa shape index (κ3) is 3.78.